The lowest BCUT2D eigenvalue weighted by Gasteiger charge is -2.29. The Bertz CT molecular complexity index is 1200. The molecule has 32 heavy (non-hydrogen) atoms. The average Bonchev–Trinajstić information content (AvgIpc) is 2.79. The first-order chi connectivity index (χ1) is 15.4. The Labute approximate surface area is 187 Å². The molecule has 0 fully saturated rings. The van der Waals surface area contributed by atoms with Gasteiger partial charge in [0.2, 0.25) is 5.43 Å². The van der Waals surface area contributed by atoms with E-state index in [1.54, 1.807) is 15.7 Å². The molecule has 0 saturated carbocycles. The first kappa shape index (κ1) is 21.6. The van der Waals surface area contributed by atoms with Crippen molar-refractivity contribution in [2.24, 2.45) is 0 Å². The van der Waals surface area contributed by atoms with Crippen molar-refractivity contribution in [3.63, 3.8) is 0 Å². The molecule has 0 atom stereocenters. The number of benzene rings is 2. The van der Waals surface area contributed by atoms with Gasteiger partial charge in [-0.05, 0) is 37.0 Å². The zero-order chi connectivity index (χ0) is 22.7. The van der Waals surface area contributed by atoms with E-state index in [2.05, 4.69) is 11.4 Å². The number of fused-ring (bicyclic) bond motifs is 1. The lowest BCUT2D eigenvalue weighted by Crippen LogP contribution is -2.41. The second-order valence-corrected chi connectivity index (χ2v) is 8.45. The normalized spacial score (nSPS) is 13.0. The second-order valence-electron chi connectivity index (χ2n) is 8.45. The summed E-state index contributed by atoms with van der Waals surface area (Å²) in [5.41, 5.74) is 2.80. The summed E-state index contributed by atoms with van der Waals surface area (Å²) in [5.74, 6) is -0.809. The molecule has 1 N–H and O–H groups in total. The molecule has 2 aromatic carbocycles. The number of nitrogens with one attached hydrogen (secondary N) is 1. The van der Waals surface area contributed by atoms with Crippen LogP contribution < -0.4 is 10.7 Å². The van der Waals surface area contributed by atoms with Gasteiger partial charge >= 0.3 is 0 Å². The molecule has 1 aliphatic heterocycles. The Kier molecular flexibility index (Phi) is 6.21. The number of pyridine rings is 1. The molecule has 0 radical (unpaired) electrons. The fourth-order valence-corrected chi connectivity index (χ4v) is 4.01. The quantitative estimate of drug-likeness (QED) is 0.677. The minimum Gasteiger partial charge on any atom is -0.350 e. The Morgan fingerprint density at radius 1 is 0.938 bits per heavy atom. The van der Waals surface area contributed by atoms with Crippen molar-refractivity contribution >= 4 is 11.8 Å². The van der Waals surface area contributed by atoms with E-state index in [1.165, 1.54) is 11.8 Å². The molecule has 164 valence electrons. The third-order valence-electron chi connectivity index (χ3n) is 5.60. The number of rotatable bonds is 5. The van der Waals surface area contributed by atoms with Crippen LogP contribution >= 0.6 is 0 Å². The molecule has 0 aliphatic carbocycles. The van der Waals surface area contributed by atoms with E-state index in [1.807, 2.05) is 62.4 Å². The molecule has 6 heteroatoms. The zero-order valence-electron chi connectivity index (χ0n) is 18.4. The van der Waals surface area contributed by atoms with Crippen molar-refractivity contribution in [1.82, 2.24) is 14.8 Å². The molecular weight excluding hydrogens is 402 g/mol. The maximum absolute atomic E-state index is 13.4. The van der Waals surface area contributed by atoms with E-state index in [4.69, 9.17) is 0 Å². The summed E-state index contributed by atoms with van der Waals surface area (Å²) in [6.07, 6.45) is 3.85. The Balaban J connectivity index is 1.71. The minimum absolute atomic E-state index is 0.0158. The number of amides is 2. The van der Waals surface area contributed by atoms with Crippen LogP contribution in [0.25, 0.3) is 0 Å². The highest BCUT2D eigenvalue weighted by molar-refractivity contribution is 5.99. The molecule has 6 nitrogen and oxygen atoms in total. The van der Waals surface area contributed by atoms with Gasteiger partial charge < -0.3 is 14.8 Å². The van der Waals surface area contributed by atoms with Gasteiger partial charge in [-0.15, -0.1) is 0 Å². The number of carbonyl (C=O) groups is 2. The highest BCUT2D eigenvalue weighted by atomic mass is 16.2. The largest absolute Gasteiger partial charge is 0.350 e. The minimum atomic E-state index is -0.531. The van der Waals surface area contributed by atoms with Crippen LogP contribution in [0.15, 0.2) is 71.8 Å². The monoisotopic (exact) mass is 429 g/mol. The van der Waals surface area contributed by atoms with Crippen LogP contribution in [0.5, 0.6) is 0 Å². The summed E-state index contributed by atoms with van der Waals surface area (Å²) >= 11 is 0. The summed E-state index contributed by atoms with van der Waals surface area (Å²) in [4.78, 5) is 41.1. The van der Waals surface area contributed by atoms with Crippen molar-refractivity contribution < 1.29 is 9.59 Å². The molecule has 3 aromatic rings. The Morgan fingerprint density at radius 2 is 1.59 bits per heavy atom. The van der Waals surface area contributed by atoms with Crippen molar-refractivity contribution in [1.29, 1.82) is 0 Å². The molecule has 0 spiro atoms. The van der Waals surface area contributed by atoms with E-state index < -0.39 is 11.3 Å². The van der Waals surface area contributed by atoms with E-state index >= 15 is 0 Å². The summed E-state index contributed by atoms with van der Waals surface area (Å²) in [6.45, 7) is 5.11. The van der Waals surface area contributed by atoms with Gasteiger partial charge in [-0.1, -0.05) is 54.6 Å². The first-order valence-corrected chi connectivity index (χ1v) is 10.9. The third kappa shape index (κ3) is 4.64. The maximum atomic E-state index is 13.4. The maximum Gasteiger partial charge on any atom is 0.259 e. The van der Waals surface area contributed by atoms with E-state index in [0.717, 1.165) is 17.5 Å². The predicted octanol–water partition coefficient (Wildman–Crippen LogP) is 3.23. The van der Waals surface area contributed by atoms with Crippen LogP contribution in [0.4, 0.5) is 0 Å². The van der Waals surface area contributed by atoms with Gasteiger partial charge in [0.25, 0.3) is 11.8 Å². The van der Waals surface area contributed by atoms with Crippen LogP contribution in [0.1, 0.15) is 51.3 Å². The third-order valence-corrected chi connectivity index (χ3v) is 5.60. The molecule has 2 heterocycles. The topological polar surface area (TPSA) is 71.4 Å². The first-order valence-electron chi connectivity index (χ1n) is 10.9. The zero-order valence-corrected chi connectivity index (χ0v) is 18.4. The average molecular weight is 430 g/mol. The van der Waals surface area contributed by atoms with Crippen LogP contribution in [0, 0.1) is 0 Å². The van der Waals surface area contributed by atoms with Gasteiger partial charge in [0.1, 0.15) is 11.1 Å². The smallest absolute Gasteiger partial charge is 0.259 e. The molecular formula is C26H27N3O3. The molecule has 0 saturated heterocycles. The second kappa shape index (κ2) is 9.22. The summed E-state index contributed by atoms with van der Waals surface area (Å²) in [7, 11) is 0. The van der Waals surface area contributed by atoms with Gasteiger partial charge in [0.15, 0.2) is 0 Å². The molecule has 0 unspecified atom stereocenters. The van der Waals surface area contributed by atoms with Crippen molar-refractivity contribution in [2.45, 2.75) is 39.4 Å². The number of hydrogen-bond acceptors (Lipinski definition) is 3. The Morgan fingerprint density at radius 3 is 2.31 bits per heavy atom. The fraction of sp³-hybridized carbons (Fsp3) is 0.269. The molecule has 4 rings (SSSR count). The number of aromatic nitrogens is 1. The number of nitrogens with zero attached hydrogens (tertiary/aromatic N) is 2. The van der Waals surface area contributed by atoms with Gasteiger partial charge in [0, 0.05) is 38.1 Å². The van der Waals surface area contributed by atoms with Crippen LogP contribution in [-0.2, 0) is 19.5 Å². The SMILES string of the molecule is CC(C)NC(=O)c1cn(Cc2ccccc2)cc(C(=O)N2CCc3ccccc3C2)c1=O. The molecule has 2 amide bonds. The van der Waals surface area contributed by atoms with Crippen LogP contribution in [-0.4, -0.2) is 33.9 Å². The van der Waals surface area contributed by atoms with Gasteiger partial charge in [-0.2, -0.15) is 0 Å². The van der Waals surface area contributed by atoms with Crippen molar-refractivity contribution in [3.8, 4) is 0 Å². The lowest BCUT2D eigenvalue weighted by atomic mass is 9.99. The predicted molar refractivity (Wildman–Crippen MR) is 124 cm³/mol. The van der Waals surface area contributed by atoms with Gasteiger partial charge in [-0.25, -0.2) is 0 Å². The van der Waals surface area contributed by atoms with E-state index in [9.17, 15) is 14.4 Å². The number of carbonyl (C=O) groups excluding carboxylic acids is 2. The van der Waals surface area contributed by atoms with Gasteiger partial charge in [-0.3, -0.25) is 14.4 Å². The highest BCUT2D eigenvalue weighted by Crippen LogP contribution is 2.20. The fourth-order valence-electron chi connectivity index (χ4n) is 4.01. The van der Waals surface area contributed by atoms with Crippen LogP contribution in [0.3, 0.4) is 0 Å². The van der Waals surface area contributed by atoms with Gasteiger partial charge in [0.05, 0.1) is 0 Å². The summed E-state index contributed by atoms with van der Waals surface area (Å²) < 4.78 is 1.75. The summed E-state index contributed by atoms with van der Waals surface area (Å²) in [6, 6.07) is 17.6. The molecule has 1 aliphatic rings. The molecule has 0 bridgehead atoms. The van der Waals surface area contributed by atoms with Crippen molar-refractivity contribution in [3.05, 3.63) is 105 Å². The highest BCUT2D eigenvalue weighted by Gasteiger charge is 2.26. The van der Waals surface area contributed by atoms with E-state index in [0.29, 0.717) is 19.6 Å². The number of hydrogen-bond donors (Lipinski definition) is 1. The Hall–Kier alpha value is -3.67. The standard InChI is InChI=1S/C26H27N3O3/c1-18(2)27-25(31)22-16-28(14-19-8-4-3-5-9-19)17-23(24(22)30)26(32)29-13-12-20-10-6-7-11-21(20)15-29/h3-11,16-18H,12-15H2,1-2H3,(H,27,31). The molecule has 1 aromatic heterocycles. The van der Waals surface area contributed by atoms with Crippen molar-refractivity contribution in [2.75, 3.05) is 6.54 Å². The van der Waals surface area contributed by atoms with Crippen LogP contribution in [0.2, 0.25) is 0 Å². The summed E-state index contributed by atoms with van der Waals surface area (Å²) in [5, 5.41) is 2.77. The lowest BCUT2D eigenvalue weighted by molar-refractivity contribution is 0.0732. The van der Waals surface area contributed by atoms with E-state index in [-0.39, 0.29) is 23.1 Å².